The van der Waals surface area contributed by atoms with Crippen molar-refractivity contribution in [2.45, 2.75) is 81.6 Å². The minimum atomic E-state index is -3.50. The predicted molar refractivity (Wildman–Crippen MR) is 121 cm³/mol. The molecule has 4 aliphatic carbocycles. The lowest BCUT2D eigenvalue weighted by atomic mass is 9.53. The van der Waals surface area contributed by atoms with E-state index >= 15 is 0 Å². The highest BCUT2D eigenvalue weighted by Gasteiger charge is 2.52. The number of piperidine rings is 1. The normalized spacial score (nSPS) is 33.7. The number of carbonyl (C=O) groups is 1. The first-order valence-corrected chi connectivity index (χ1v) is 13.6. The molecule has 1 aromatic carbocycles. The van der Waals surface area contributed by atoms with Gasteiger partial charge in [-0.3, -0.25) is 4.79 Å². The van der Waals surface area contributed by atoms with Crippen molar-refractivity contribution in [1.29, 1.82) is 0 Å². The van der Waals surface area contributed by atoms with Crippen molar-refractivity contribution in [3.8, 4) is 0 Å². The van der Waals surface area contributed by atoms with Gasteiger partial charge in [0.05, 0.1) is 4.90 Å². The van der Waals surface area contributed by atoms with E-state index in [0.717, 1.165) is 42.6 Å². The number of nitrogens with zero attached hydrogens (tertiary/aromatic N) is 1. The summed E-state index contributed by atoms with van der Waals surface area (Å²) in [6, 6.07) is 7.25. The lowest BCUT2D eigenvalue weighted by Gasteiger charge is -2.57. The summed E-state index contributed by atoms with van der Waals surface area (Å²) in [6.45, 7) is 5.05. The fourth-order valence-electron chi connectivity index (χ4n) is 7.16. The van der Waals surface area contributed by atoms with Gasteiger partial charge in [-0.25, -0.2) is 8.42 Å². The van der Waals surface area contributed by atoms with Gasteiger partial charge in [-0.2, -0.15) is 4.31 Å². The number of amides is 1. The molecule has 0 atom stereocenters. The average Bonchev–Trinajstić information content (AvgIpc) is 2.72. The molecular formula is C25H36N2O3S. The van der Waals surface area contributed by atoms with E-state index in [9.17, 15) is 13.2 Å². The molecule has 5 nitrogen and oxygen atoms in total. The van der Waals surface area contributed by atoms with E-state index in [1.165, 1.54) is 19.3 Å². The molecule has 0 aromatic heterocycles. The second-order valence-corrected chi connectivity index (χ2v) is 13.0. The first-order chi connectivity index (χ1) is 14.7. The van der Waals surface area contributed by atoms with Gasteiger partial charge >= 0.3 is 0 Å². The van der Waals surface area contributed by atoms with E-state index < -0.39 is 10.0 Å². The zero-order valence-corrected chi connectivity index (χ0v) is 19.7. The molecule has 0 radical (unpaired) electrons. The molecule has 5 fully saturated rings. The zero-order valence-electron chi connectivity index (χ0n) is 18.8. The van der Waals surface area contributed by atoms with Crippen LogP contribution in [0, 0.1) is 23.7 Å². The van der Waals surface area contributed by atoms with E-state index in [1.807, 2.05) is 12.1 Å². The Bertz CT molecular complexity index is 895. The Balaban J connectivity index is 1.20. The minimum absolute atomic E-state index is 0.0349. The molecule has 6 rings (SSSR count). The van der Waals surface area contributed by atoms with Crippen molar-refractivity contribution < 1.29 is 13.2 Å². The lowest BCUT2D eigenvalue weighted by molar-refractivity contribution is -0.132. The monoisotopic (exact) mass is 444 g/mol. The third-order valence-electron chi connectivity index (χ3n) is 8.44. The van der Waals surface area contributed by atoms with Crippen LogP contribution in [0.4, 0.5) is 0 Å². The van der Waals surface area contributed by atoms with Crippen molar-refractivity contribution in [1.82, 2.24) is 9.62 Å². The van der Waals surface area contributed by atoms with Crippen molar-refractivity contribution in [2.24, 2.45) is 23.7 Å². The van der Waals surface area contributed by atoms with Gasteiger partial charge in [0, 0.05) is 24.5 Å². The van der Waals surface area contributed by atoms with Gasteiger partial charge in [0.1, 0.15) is 0 Å². The molecule has 0 spiro atoms. The maximum Gasteiger partial charge on any atom is 0.243 e. The molecule has 4 saturated carbocycles. The number of hydrogen-bond acceptors (Lipinski definition) is 3. The molecule has 6 heteroatoms. The van der Waals surface area contributed by atoms with Gasteiger partial charge in [0.15, 0.2) is 0 Å². The van der Waals surface area contributed by atoms with Crippen LogP contribution in [-0.4, -0.2) is 37.3 Å². The molecule has 1 amide bonds. The fraction of sp³-hybridized carbons (Fsp3) is 0.720. The van der Waals surface area contributed by atoms with Crippen LogP contribution < -0.4 is 5.32 Å². The molecule has 31 heavy (non-hydrogen) atoms. The van der Waals surface area contributed by atoms with E-state index in [2.05, 4.69) is 19.2 Å². The van der Waals surface area contributed by atoms with Gasteiger partial charge in [0.25, 0.3) is 0 Å². The number of hydrogen-bond donors (Lipinski definition) is 1. The van der Waals surface area contributed by atoms with Crippen LogP contribution in [0.1, 0.15) is 76.7 Å². The molecule has 1 saturated heterocycles. The molecule has 170 valence electrons. The number of carbonyl (C=O) groups excluding carboxylic acids is 1. The summed E-state index contributed by atoms with van der Waals surface area (Å²) >= 11 is 0. The second kappa shape index (κ2) is 7.87. The summed E-state index contributed by atoms with van der Waals surface area (Å²) in [6.07, 6.45) is 8.79. The van der Waals surface area contributed by atoms with Gasteiger partial charge < -0.3 is 5.32 Å². The Kier molecular flexibility index (Phi) is 5.45. The Morgan fingerprint density at radius 1 is 0.968 bits per heavy atom. The highest BCUT2D eigenvalue weighted by molar-refractivity contribution is 7.89. The van der Waals surface area contributed by atoms with Gasteiger partial charge in [-0.1, -0.05) is 26.0 Å². The second-order valence-electron chi connectivity index (χ2n) is 11.1. The summed E-state index contributed by atoms with van der Waals surface area (Å²) in [5.41, 5.74) is 1.17. The Morgan fingerprint density at radius 3 is 1.97 bits per heavy atom. The largest absolute Gasteiger partial charge is 0.350 e. The van der Waals surface area contributed by atoms with Gasteiger partial charge in [0.2, 0.25) is 15.9 Å². The first-order valence-electron chi connectivity index (χ1n) is 12.2. The number of rotatable bonds is 5. The van der Waals surface area contributed by atoms with Crippen LogP contribution in [0.3, 0.4) is 0 Å². The topological polar surface area (TPSA) is 66.5 Å². The Morgan fingerprint density at radius 2 is 1.48 bits per heavy atom. The van der Waals surface area contributed by atoms with E-state index in [-0.39, 0.29) is 17.4 Å². The zero-order chi connectivity index (χ0) is 21.8. The summed E-state index contributed by atoms with van der Waals surface area (Å²) in [4.78, 5) is 13.5. The SMILES string of the molecule is CC(C)c1ccc(S(=O)(=O)N2CCC(C(=O)NC34CC5CC(CC(C5)C3)C4)CC2)cc1. The third kappa shape index (κ3) is 4.06. The lowest BCUT2D eigenvalue weighted by Crippen LogP contribution is -2.61. The van der Waals surface area contributed by atoms with E-state index in [1.54, 1.807) is 16.4 Å². The number of sulfonamides is 1. The van der Waals surface area contributed by atoms with Gasteiger partial charge in [-0.15, -0.1) is 0 Å². The van der Waals surface area contributed by atoms with Crippen LogP contribution in [-0.2, 0) is 14.8 Å². The maximum absolute atomic E-state index is 13.1. The summed E-state index contributed by atoms with van der Waals surface area (Å²) < 4.78 is 27.7. The van der Waals surface area contributed by atoms with Crippen LogP contribution >= 0.6 is 0 Å². The summed E-state index contributed by atoms with van der Waals surface area (Å²) in [7, 11) is -3.50. The molecule has 1 N–H and O–H groups in total. The standard InChI is InChI=1S/C25H36N2O3S/c1-17(2)21-3-5-23(6-4-21)31(29,30)27-9-7-22(8-10-27)24(28)26-25-14-18-11-19(15-25)13-20(12-18)16-25/h3-6,17-20,22H,7-16H2,1-2H3,(H,26,28). The molecule has 1 aromatic rings. The first kappa shape index (κ1) is 21.4. The van der Waals surface area contributed by atoms with Crippen LogP contribution in [0.2, 0.25) is 0 Å². The molecule has 4 bridgehead atoms. The molecular weight excluding hydrogens is 408 g/mol. The smallest absolute Gasteiger partial charge is 0.243 e. The highest BCUT2D eigenvalue weighted by Crippen LogP contribution is 2.55. The summed E-state index contributed by atoms with van der Waals surface area (Å²) in [5, 5.41) is 3.49. The van der Waals surface area contributed by atoms with E-state index in [0.29, 0.717) is 36.7 Å². The quantitative estimate of drug-likeness (QED) is 0.736. The van der Waals surface area contributed by atoms with Crippen molar-refractivity contribution >= 4 is 15.9 Å². The average molecular weight is 445 g/mol. The van der Waals surface area contributed by atoms with Crippen LogP contribution in [0.15, 0.2) is 29.2 Å². The van der Waals surface area contributed by atoms with E-state index in [4.69, 9.17) is 0 Å². The van der Waals surface area contributed by atoms with Crippen molar-refractivity contribution in [3.05, 3.63) is 29.8 Å². The number of benzene rings is 1. The van der Waals surface area contributed by atoms with Crippen LogP contribution in [0.25, 0.3) is 0 Å². The van der Waals surface area contributed by atoms with Crippen molar-refractivity contribution in [3.63, 3.8) is 0 Å². The molecule has 1 aliphatic heterocycles. The Labute approximate surface area is 187 Å². The molecule has 0 unspecified atom stereocenters. The third-order valence-corrected chi connectivity index (χ3v) is 10.3. The van der Waals surface area contributed by atoms with Crippen molar-refractivity contribution in [2.75, 3.05) is 13.1 Å². The predicted octanol–water partition coefficient (Wildman–Crippen LogP) is 4.30. The summed E-state index contributed by atoms with van der Waals surface area (Å²) in [5.74, 6) is 2.89. The molecule has 1 heterocycles. The number of nitrogens with one attached hydrogen (secondary N) is 1. The fourth-order valence-corrected chi connectivity index (χ4v) is 8.63. The molecule has 5 aliphatic rings. The Hall–Kier alpha value is -1.40. The maximum atomic E-state index is 13.1. The van der Waals surface area contributed by atoms with Gasteiger partial charge in [-0.05, 0) is 92.7 Å². The highest BCUT2D eigenvalue weighted by atomic mass is 32.2. The van der Waals surface area contributed by atoms with Crippen LogP contribution in [0.5, 0.6) is 0 Å². The minimum Gasteiger partial charge on any atom is -0.350 e.